The normalized spacial score (nSPS) is 21.7. The fourth-order valence-corrected chi connectivity index (χ4v) is 5.11. The lowest BCUT2D eigenvalue weighted by Crippen LogP contribution is -2.37. The van der Waals surface area contributed by atoms with Gasteiger partial charge >= 0.3 is 11.9 Å². The Morgan fingerprint density at radius 2 is 1.56 bits per heavy atom. The van der Waals surface area contributed by atoms with Crippen LogP contribution in [0, 0.1) is 11.8 Å². The first-order chi connectivity index (χ1) is 17.3. The Morgan fingerprint density at radius 1 is 0.944 bits per heavy atom. The minimum atomic E-state index is -0.701. The SMILES string of the molecule is C=C[C@H]1[C@H](c2cc(OC)c(OC)c(OC)c2)c2cc3c(cc2[C@@H](OC(C)=O)[C@H]1COC(C)=O)OCO3. The highest BCUT2D eigenvalue weighted by Gasteiger charge is 2.46. The molecule has 192 valence electrons. The summed E-state index contributed by atoms with van der Waals surface area (Å²) >= 11 is 0. The molecule has 0 radical (unpaired) electrons. The molecular formula is C27H30O9. The lowest BCUT2D eigenvalue weighted by atomic mass is 9.65. The first-order valence-corrected chi connectivity index (χ1v) is 11.5. The molecule has 0 spiro atoms. The van der Waals surface area contributed by atoms with Crippen molar-refractivity contribution < 1.29 is 42.7 Å². The quantitative estimate of drug-likeness (QED) is 0.392. The van der Waals surface area contributed by atoms with Crippen molar-refractivity contribution in [3.63, 3.8) is 0 Å². The maximum absolute atomic E-state index is 12.2. The number of benzene rings is 2. The van der Waals surface area contributed by atoms with Crippen LogP contribution in [-0.2, 0) is 19.1 Å². The second-order valence-electron chi connectivity index (χ2n) is 8.58. The number of ether oxygens (including phenoxy) is 7. The zero-order valence-electron chi connectivity index (χ0n) is 21.0. The van der Waals surface area contributed by atoms with Gasteiger partial charge in [-0.15, -0.1) is 6.58 Å². The zero-order chi connectivity index (χ0) is 26.0. The third kappa shape index (κ3) is 4.53. The Kier molecular flexibility index (Phi) is 7.28. The van der Waals surface area contributed by atoms with Crippen LogP contribution in [0.25, 0.3) is 0 Å². The van der Waals surface area contributed by atoms with Crippen molar-refractivity contribution in [3.05, 3.63) is 53.6 Å². The topological polar surface area (TPSA) is 98.8 Å². The van der Waals surface area contributed by atoms with Gasteiger partial charge in [-0.3, -0.25) is 9.59 Å². The molecule has 4 atom stereocenters. The van der Waals surface area contributed by atoms with Crippen LogP contribution < -0.4 is 23.7 Å². The summed E-state index contributed by atoms with van der Waals surface area (Å²) in [4.78, 5) is 23.9. The summed E-state index contributed by atoms with van der Waals surface area (Å²) in [6.07, 6.45) is 1.10. The Bertz CT molecular complexity index is 1150. The molecule has 2 aromatic carbocycles. The molecular weight excluding hydrogens is 468 g/mol. The second kappa shape index (κ2) is 10.4. The number of hydrogen-bond acceptors (Lipinski definition) is 9. The van der Waals surface area contributed by atoms with Gasteiger partial charge in [-0.05, 0) is 41.3 Å². The van der Waals surface area contributed by atoms with Gasteiger partial charge in [0, 0.05) is 31.2 Å². The molecule has 0 N–H and O–H groups in total. The minimum absolute atomic E-state index is 0.0266. The van der Waals surface area contributed by atoms with Crippen LogP contribution in [0.2, 0.25) is 0 Å². The smallest absolute Gasteiger partial charge is 0.303 e. The zero-order valence-corrected chi connectivity index (χ0v) is 21.0. The van der Waals surface area contributed by atoms with Crippen molar-refractivity contribution in [1.82, 2.24) is 0 Å². The third-order valence-electron chi connectivity index (χ3n) is 6.58. The molecule has 2 aliphatic rings. The molecule has 4 rings (SSSR count). The second-order valence-corrected chi connectivity index (χ2v) is 8.58. The lowest BCUT2D eigenvalue weighted by Gasteiger charge is -2.42. The Morgan fingerprint density at radius 3 is 2.06 bits per heavy atom. The van der Waals surface area contributed by atoms with Crippen LogP contribution in [0.1, 0.15) is 42.6 Å². The van der Waals surface area contributed by atoms with Crippen LogP contribution >= 0.6 is 0 Å². The maximum atomic E-state index is 12.2. The van der Waals surface area contributed by atoms with Crippen LogP contribution in [0.15, 0.2) is 36.9 Å². The molecule has 0 unspecified atom stereocenters. The first-order valence-electron chi connectivity index (χ1n) is 11.5. The summed E-state index contributed by atoms with van der Waals surface area (Å²) in [5.41, 5.74) is 2.45. The molecule has 1 aliphatic heterocycles. The monoisotopic (exact) mass is 498 g/mol. The van der Waals surface area contributed by atoms with E-state index >= 15 is 0 Å². The van der Waals surface area contributed by atoms with Gasteiger partial charge < -0.3 is 33.2 Å². The van der Waals surface area contributed by atoms with Crippen molar-refractivity contribution in [2.24, 2.45) is 11.8 Å². The Balaban J connectivity index is 1.97. The lowest BCUT2D eigenvalue weighted by molar-refractivity contribution is -0.156. The number of fused-ring (bicyclic) bond motifs is 2. The number of hydrogen-bond donors (Lipinski definition) is 0. The van der Waals surface area contributed by atoms with Crippen LogP contribution in [0.5, 0.6) is 28.7 Å². The van der Waals surface area contributed by atoms with Gasteiger partial charge in [0.25, 0.3) is 0 Å². The maximum Gasteiger partial charge on any atom is 0.303 e. The standard InChI is InChI=1S/C27H30O9/c1-7-17-20(12-33-14(2)28)26(36-15(3)29)19-11-22-21(34-13-35-22)10-18(19)25(17)16-8-23(30-4)27(32-6)24(9-16)31-5/h7-11,17,20,25-26H,1,12-13H2,2-6H3/t17-,20+,25+,26-/m1/s1. The number of esters is 2. The van der Waals surface area contributed by atoms with E-state index in [4.69, 9.17) is 33.2 Å². The van der Waals surface area contributed by atoms with E-state index in [2.05, 4.69) is 6.58 Å². The number of allylic oxidation sites excluding steroid dienone is 1. The van der Waals surface area contributed by atoms with Gasteiger partial charge in [0.05, 0.1) is 27.9 Å². The predicted molar refractivity (Wildman–Crippen MR) is 129 cm³/mol. The van der Waals surface area contributed by atoms with Crippen LogP contribution in [0.4, 0.5) is 0 Å². The fraction of sp³-hybridized carbons (Fsp3) is 0.407. The number of rotatable bonds is 8. The molecule has 0 saturated carbocycles. The summed E-state index contributed by atoms with van der Waals surface area (Å²) in [6, 6.07) is 7.49. The number of methoxy groups -OCH3 is 3. The molecule has 0 fully saturated rings. The van der Waals surface area contributed by atoms with E-state index in [1.165, 1.54) is 13.8 Å². The molecule has 36 heavy (non-hydrogen) atoms. The fourth-order valence-electron chi connectivity index (χ4n) is 5.11. The van der Waals surface area contributed by atoms with Crippen molar-refractivity contribution in [3.8, 4) is 28.7 Å². The van der Waals surface area contributed by atoms with Crippen molar-refractivity contribution >= 4 is 11.9 Å². The van der Waals surface area contributed by atoms with E-state index in [1.54, 1.807) is 27.4 Å². The van der Waals surface area contributed by atoms with Gasteiger partial charge in [-0.2, -0.15) is 0 Å². The Hall–Kier alpha value is -3.88. The van der Waals surface area contributed by atoms with E-state index in [1.807, 2.05) is 24.3 Å². The van der Waals surface area contributed by atoms with Gasteiger partial charge in [0.1, 0.15) is 6.10 Å². The average molecular weight is 499 g/mol. The summed E-state index contributed by atoms with van der Waals surface area (Å²) in [5.74, 6) is 0.698. The molecule has 0 amide bonds. The Labute approximate surface area is 209 Å². The molecule has 0 bridgehead atoms. The van der Waals surface area contributed by atoms with E-state index in [0.29, 0.717) is 28.7 Å². The molecule has 2 aromatic rings. The molecule has 1 aliphatic carbocycles. The largest absolute Gasteiger partial charge is 0.493 e. The average Bonchev–Trinajstić information content (AvgIpc) is 3.32. The minimum Gasteiger partial charge on any atom is -0.493 e. The third-order valence-corrected chi connectivity index (χ3v) is 6.58. The van der Waals surface area contributed by atoms with Gasteiger partial charge in [-0.25, -0.2) is 0 Å². The van der Waals surface area contributed by atoms with E-state index in [-0.39, 0.29) is 25.2 Å². The highest BCUT2D eigenvalue weighted by molar-refractivity contribution is 5.68. The highest BCUT2D eigenvalue weighted by Crippen LogP contribution is 2.55. The summed E-state index contributed by atoms with van der Waals surface area (Å²) < 4.78 is 39.3. The van der Waals surface area contributed by atoms with E-state index in [9.17, 15) is 9.59 Å². The van der Waals surface area contributed by atoms with Crippen LogP contribution in [-0.4, -0.2) is 46.7 Å². The molecule has 9 nitrogen and oxygen atoms in total. The molecule has 0 aromatic heterocycles. The number of carbonyl (C=O) groups excluding carboxylic acids is 2. The van der Waals surface area contributed by atoms with E-state index < -0.39 is 24.0 Å². The summed E-state index contributed by atoms with van der Waals surface area (Å²) in [5, 5.41) is 0. The van der Waals surface area contributed by atoms with Crippen molar-refractivity contribution in [1.29, 1.82) is 0 Å². The predicted octanol–water partition coefficient (Wildman–Crippen LogP) is 4.17. The summed E-state index contributed by atoms with van der Waals surface area (Å²) in [6.45, 7) is 6.90. The first kappa shape index (κ1) is 25.2. The molecule has 0 saturated heterocycles. The van der Waals surface area contributed by atoms with E-state index in [0.717, 1.165) is 16.7 Å². The van der Waals surface area contributed by atoms with Gasteiger partial charge in [0.15, 0.2) is 23.0 Å². The van der Waals surface area contributed by atoms with Crippen LogP contribution in [0.3, 0.4) is 0 Å². The van der Waals surface area contributed by atoms with Crippen molar-refractivity contribution in [2.45, 2.75) is 25.9 Å². The molecule has 9 heteroatoms. The highest BCUT2D eigenvalue weighted by atomic mass is 16.7. The summed E-state index contributed by atoms with van der Waals surface area (Å²) in [7, 11) is 4.65. The van der Waals surface area contributed by atoms with Gasteiger partial charge in [0.2, 0.25) is 12.5 Å². The van der Waals surface area contributed by atoms with Gasteiger partial charge in [-0.1, -0.05) is 6.08 Å². The number of carbonyl (C=O) groups is 2. The molecule has 1 heterocycles. The van der Waals surface area contributed by atoms with Crippen molar-refractivity contribution in [2.75, 3.05) is 34.7 Å².